The summed E-state index contributed by atoms with van der Waals surface area (Å²) in [5, 5.41) is 3.43. The van der Waals surface area contributed by atoms with E-state index in [1.165, 1.54) is 16.7 Å². The number of ether oxygens (including phenoxy) is 1. The number of carbonyl (C=O) groups excluding carboxylic acids is 3. The van der Waals surface area contributed by atoms with Crippen molar-refractivity contribution in [2.75, 3.05) is 17.7 Å². The van der Waals surface area contributed by atoms with Crippen LogP contribution in [0.5, 0.6) is 0 Å². The van der Waals surface area contributed by atoms with Crippen LogP contribution in [-0.4, -0.2) is 41.1 Å². The number of thioether (sulfide) groups is 1. The number of anilines is 1. The average Bonchev–Trinajstić information content (AvgIpc) is 3.24. The summed E-state index contributed by atoms with van der Waals surface area (Å²) in [5.41, 5.74) is 2.03. The third kappa shape index (κ3) is 3.50. The number of fused-ring (bicyclic) bond motifs is 2. The highest BCUT2D eigenvalue weighted by atomic mass is 79.9. The topological polar surface area (TPSA) is 75.7 Å². The van der Waals surface area contributed by atoms with Crippen molar-refractivity contribution in [2.45, 2.75) is 24.3 Å². The van der Waals surface area contributed by atoms with Gasteiger partial charge in [-0.1, -0.05) is 39.7 Å². The van der Waals surface area contributed by atoms with Gasteiger partial charge in [-0.25, -0.2) is 4.79 Å². The number of halogens is 2. The standard InChI is InChI=1S/C21H18BrClN2O4S/c1-2-29-19(27)17-11-30-21(15-10-13(22)5-8-16(15)24-20(21)28)25(17)18(26)9-12-3-6-14(23)7-4-12/h3-8,10,17H,2,9,11H2,1H3,(H,24,28)/t17-,21-/m0/s1. The molecule has 30 heavy (non-hydrogen) atoms. The van der Waals surface area contributed by atoms with Crippen LogP contribution < -0.4 is 5.32 Å². The van der Waals surface area contributed by atoms with E-state index in [2.05, 4.69) is 21.2 Å². The Hall–Kier alpha value is -2.03. The van der Waals surface area contributed by atoms with Crippen LogP contribution in [-0.2, 0) is 30.4 Å². The molecule has 0 saturated carbocycles. The fourth-order valence-electron chi connectivity index (χ4n) is 3.80. The molecule has 4 rings (SSSR count). The number of hydrogen-bond acceptors (Lipinski definition) is 5. The molecule has 2 aromatic carbocycles. The number of benzene rings is 2. The molecule has 2 aliphatic rings. The second-order valence-electron chi connectivity index (χ2n) is 6.93. The molecule has 0 aliphatic carbocycles. The second kappa shape index (κ2) is 8.24. The Labute approximate surface area is 191 Å². The van der Waals surface area contributed by atoms with Crippen LogP contribution in [0, 0.1) is 0 Å². The summed E-state index contributed by atoms with van der Waals surface area (Å²) in [7, 11) is 0. The molecule has 0 aromatic heterocycles. The molecule has 9 heteroatoms. The fourth-order valence-corrected chi connectivity index (χ4v) is 5.85. The Morgan fingerprint density at radius 2 is 2.03 bits per heavy atom. The maximum atomic E-state index is 13.5. The third-order valence-electron chi connectivity index (χ3n) is 5.10. The van der Waals surface area contributed by atoms with Crippen molar-refractivity contribution in [2.24, 2.45) is 0 Å². The molecule has 156 valence electrons. The molecular formula is C21H18BrClN2O4S. The number of carbonyl (C=O) groups is 3. The minimum atomic E-state index is -1.32. The molecule has 2 atom stereocenters. The van der Waals surface area contributed by atoms with Crippen molar-refractivity contribution in [3.8, 4) is 0 Å². The van der Waals surface area contributed by atoms with E-state index in [1.807, 2.05) is 12.1 Å². The highest BCUT2D eigenvalue weighted by Gasteiger charge is 2.61. The summed E-state index contributed by atoms with van der Waals surface area (Å²) in [6, 6.07) is 11.5. The van der Waals surface area contributed by atoms with Crippen LogP contribution in [0.1, 0.15) is 18.1 Å². The minimum Gasteiger partial charge on any atom is -0.464 e. The Balaban J connectivity index is 1.77. The molecule has 0 bridgehead atoms. The van der Waals surface area contributed by atoms with E-state index in [0.29, 0.717) is 16.3 Å². The van der Waals surface area contributed by atoms with Crippen LogP contribution in [0.15, 0.2) is 46.9 Å². The van der Waals surface area contributed by atoms with Gasteiger partial charge in [-0.05, 0) is 42.8 Å². The normalized spacial score (nSPS) is 22.2. The molecule has 2 aromatic rings. The lowest BCUT2D eigenvalue weighted by molar-refractivity contribution is -0.156. The van der Waals surface area contributed by atoms with Gasteiger partial charge in [-0.2, -0.15) is 0 Å². The van der Waals surface area contributed by atoms with E-state index in [9.17, 15) is 14.4 Å². The van der Waals surface area contributed by atoms with Gasteiger partial charge in [0.2, 0.25) is 5.91 Å². The Morgan fingerprint density at radius 1 is 1.30 bits per heavy atom. The van der Waals surface area contributed by atoms with E-state index in [0.717, 1.165) is 10.0 Å². The van der Waals surface area contributed by atoms with E-state index in [1.54, 1.807) is 37.3 Å². The lowest BCUT2D eigenvalue weighted by atomic mass is 10.0. The molecule has 2 aliphatic heterocycles. The quantitative estimate of drug-likeness (QED) is 0.632. The van der Waals surface area contributed by atoms with Crippen molar-refractivity contribution in [3.05, 3.63) is 63.1 Å². The first-order valence-electron chi connectivity index (χ1n) is 9.35. The molecule has 0 unspecified atom stereocenters. The largest absolute Gasteiger partial charge is 0.464 e. The fraction of sp³-hybridized carbons (Fsp3) is 0.286. The highest BCUT2D eigenvalue weighted by Crippen LogP contribution is 2.54. The predicted molar refractivity (Wildman–Crippen MR) is 119 cm³/mol. The van der Waals surface area contributed by atoms with Crippen molar-refractivity contribution in [1.82, 2.24) is 4.90 Å². The maximum Gasteiger partial charge on any atom is 0.329 e. The first-order valence-corrected chi connectivity index (χ1v) is 11.5. The molecular weight excluding hydrogens is 492 g/mol. The number of nitrogens with zero attached hydrogens (tertiary/aromatic N) is 1. The van der Waals surface area contributed by atoms with Crippen LogP contribution in [0.3, 0.4) is 0 Å². The van der Waals surface area contributed by atoms with Crippen LogP contribution in [0.25, 0.3) is 0 Å². The molecule has 2 heterocycles. The lowest BCUT2D eigenvalue weighted by Gasteiger charge is -2.35. The second-order valence-corrected chi connectivity index (χ2v) is 9.50. The summed E-state index contributed by atoms with van der Waals surface area (Å²) in [6.07, 6.45) is 0.0337. The van der Waals surface area contributed by atoms with Crippen LogP contribution in [0.2, 0.25) is 5.02 Å². The van der Waals surface area contributed by atoms with Gasteiger partial charge in [0, 0.05) is 26.5 Å². The van der Waals surface area contributed by atoms with Crippen molar-refractivity contribution >= 4 is 62.8 Å². The van der Waals surface area contributed by atoms with Gasteiger partial charge in [0.1, 0.15) is 6.04 Å². The third-order valence-corrected chi connectivity index (χ3v) is 7.35. The Bertz CT molecular complexity index is 1030. The van der Waals surface area contributed by atoms with Crippen molar-refractivity contribution in [3.63, 3.8) is 0 Å². The summed E-state index contributed by atoms with van der Waals surface area (Å²) in [4.78, 5) is 39.5. The molecule has 1 N–H and O–H groups in total. The van der Waals surface area contributed by atoms with Gasteiger partial charge in [0.25, 0.3) is 5.91 Å². The van der Waals surface area contributed by atoms with Gasteiger partial charge in [-0.3, -0.25) is 9.59 Å². The zero-order valence-corrected chi connectivity index (χ0v) is 19.1. The van der Waals surface area contributed by atoms with Crippen LogP contribution in [0.4, 0.5) is 5.69 Å². The summed E-state index contributed by atoms with van der Waals surface area (Å²) in [5.74, 6) is -0.910. The first kappa shape index (κ1) is 21.2. The lowest BCUT2D eigenvalue weighted by Crippen LogP contribution is -2.54. The van der Waals surface area contributed by atoms with E-state index >= 15 is 0 Å². The number of nitrogens with one attached hydrogen (secondary N) is 1. The predicted octanol–water partition coefficient (Wildman–Crippen LogP) is 3.96. The maximum absolute atomic E-state index is 13.5. The summed E-state index contributed by atoms with van der Waals surface area (Å²) < 4.78 is 6.00. The molecule has 6 nitrogen and oxygen atoms in total. The van der Waals surface area contributed by atoms with E-state index < -0.39 is 16.9 Å². The minimum absolute atomic E-state index is 0.0337. The number of hydrogen-bond donors (Lipinski definition) is 1. The van der Waals surface area contributed by atoms with E-state index in [4.69, 9.17) is 16.3 Å². The number of esters is 1. The monoisotopic (exact) mass is 508 g/mol. The zero-order valence-electron chi connectivity index (χ0n) is 16.0. The van der Waals surface area contributed by atoms with Gasteiger partial charge < -0.3 is 15.0 Å². The van der Waals surface area contributed by atoms with Gasteiger partial charge >= 0.3 is 5.97 Å². The Morgan fingerprint density at radius 3 is 2.73 bits per heavy atom. The van der Waals surface area contributed by atoms with Crippen LogP contribution >= 0.6 is 39.3 Å². The van der Waals surface area contributed by atoms with Gasteiger partial charge in [0.05, 0.1) is 13.0 Å². The molecule has 1 fully saturated rings. The SMILES string of the molecule is CCOC(=O)[C@@H]1CS[C@@]2(C(=O)Nc3ccc(Br)cc32)N1C(=O)Cc1ccc(Cl)cc1. The Kier molecular flexibility index (Phi) is 5.83. The number of amides is 2. The van der Waals surface area contributed by atoms with Gasteiger partial charge in [0.15, 0.2) is 4.87 Å². The van der Waals surface area contributed by atoms with E-state index in [-0.39, 0.29) is 30.6 Å². The molecule has 2 amide bonds. The number of rotatable bonds is 4. The molecule has 0 radical (unpaired) electrons. The highest BCUT2D eigenvalue weighted by molar-refractivity contribution is 9.10. The summed E-state index contributed by atoms with van der Waals surface area (Å²) >= 11 is 10.7. The average molecular weight is 510 g/mol. The first-order chi connectivity index (χ1) is 14.4. The van der Waals surface area contributed by atoms with Crippen molar-refractivity contribution < 1.29 is 19.1 Å². The molecule has 1 spiro atoms. The van der Waals surface area contributed by atoms with Crippen molar-refractivity contribution in [1.29, 1.82) is 0 Å². The van der Waals surface area contributed by atoms with Gasteiger partial charge in [-0.15, -0.1) is 11.8 Å². The summed E-state index contributed by atoms with van der Waals surface area (Å²) in [6.45, 7) is 1.91. The zero-order chi connectivity index (χ0) is 21.5. The smallest absolute Gasteiger partial charge is 0.329 e. The molecule has 1 saturated heterocycles.